The molecule has 80 valence electrons. The van der Waals surface area contributed by atoms with Crippen LogP contribution in [0.3, 0.4) is 0 Å². The largest absolute Gasteiger partial charge is 0.497 e. The molecule has 0 fully saturated rings. The van der Waals surface area contributed by atoms with E-state index in [9.17, 15) is 8.78 Å². The van der Waals surface area contributed by atoms with E-state index in [1.165, 1.54) is 7.11 Å². The van der Waals surface area contributed by atoms with E-state index in [1.807, 2.05) is 0 Å². The zero-order valence-corrected chi connectivity index (χ0v) is 8.47. The van der Waals surface area contributed by atoms with Crippen LogP contribution in [0.1, 0.15) is 12.5 Å². The molecule has 0 radical (unpaired) electrons. The van der Waals surface area contributed by atoms with E-state index in [2.05, 4.69) is 11.8 Å². The number of methoxy groups -OCH3 is 1. The standard InChI is InChI=1S/C11H11F2NO/c1-7(14)3-4-9-10(12)5-8(15-2)6-11(9)13/h5-7H,14H2,1-2H3. The van der Waals surface area contributed by atoms with Crippen LogP contribution in [0.25, 0.3) is 0 Å². The van der Waals surface area contributed by atoms with E-state index in [0.717, 1.165) is 12.1 Å². The Bertz CT molecular complexity index is 395. The molecule has 0 saturated carbocycles. The second kappa shape index (κ2) is 4.76. The minimum atomic E-state index is -0.750. The van der Waals surface area contributed by atoms with E-state index in [4.69, 9.17) is 10.5 Å². The van der Waals surface area contributed by atoms with Crippen molar-refractivity contribution in [3.63, 3.8) is 0 Å². The van der Waals surface area contributed by atoms with Crippen molar-refractivity contribution in [2.45, 2.75) is 13.0 Å². The molecule has 15 heavy (non-hydrogen) atoms. The molecule has 0 spiro atoms. The molecular weight excluding hydrogens is 200 g/mol. The molecule has 1 atom stereocenters. The Morgan fingerprint density at radius 3 is 2.27 bits per heavy atom. The van der Waals surface area contributed by atoms with E-state index in [0.29, 0.717) is 0 Å². The van der Waals surface area contributed by atoms with Crippen molar-refractivity contribution in [2.24, 2.45) is 5.73 Å². The van der Waals surface area contributed by atoms with E-state index in [1.54, 1.807) is 6.92 Å². The van der Waals surface area contributed by atoms with E-state index >= 15 is 0 Å². The lowest BCUT2D eigenvalue weighted by Crippen LogP contribution is -2.11. The average Bonchev–Trinajstić information content (AvgIpc) is 2.15. The topological polar surface area (TPSA) is 35.2 Å². The lowest BCUT2D eigenvalue weighted by Gasteiger charge is -2.02. The fourth-order valence-electron chi connectivity index (χ4n) is 0.973. The minimum Gasteiger partial charge on any atom is -0.497 e. The zero-order valence-electron chi connectivity index (χ0n) is 8.47. The van der Waals surface area contributed by atoms with Crippen molar-refractivity contribution in [3.8, 4) is 17.6 Å². The quantitative estimate of drug-likeness (QED) is 0.717. The molecule has 0 aliphatic carbocycles. The first-order valence-corrected chi connectivity index (χ1v) is 4.34. The number of nitrogens with two attached hydrogens (primary N) is 1. The first-order valence-electron chi connectivity index (χ1n) is 4.34. The smallest absolute Gasteiger partial charge is 0.145 e. The number of ether oxygens (including phenoxy) is 1. The maximum absolute atomic E-state index is 13.3. The normalized spacial score (nSPS) is 11.5. The highest BCUT2D eigenvalue weighted by atomic mass is 19.1. The van der Waals surface area contributed by atoms with Crippen LogP contribution in [0.2, 0.25) is 0 Å². The molecular formula is C11H11F2NO. The average molecular weight is 211 g/mol. The second-order valence-electron chi connectivity index (χ2n) is 3.02. The third kappa shape index (κ3) is 2.93. The van der Waals surface area contributed by atoms with Gasteiger partial charge in [-0.3, -0.25) is 0 Å². The number of benzene rings is 1. The molecule has 1 aromatic carbocycles. The highest BCUT2D eigenvalue weighted by Gasteiger charge is 2.09. The van der Waals surface area contributed by atoms with Crippen molar-refractivity contribution in [1.82, 2.24) is 0 Å². The molecule has 2 N–H and O–H groups in total. The number of hydrogen-bond acceptors (Lipinski definition) is 2. The first kappa shape index (κ1) is 11.5. The molecule has 0 heterocycles. The van der Waals surface area contributed by atoms with Crippen LogP contribution in [-0.2, 0) is 0 Å². The van der Waals surface area contributed by atoms with Gasteiger partial charge < -0.3 is 10.5 Å². The highest BCUT2D eigenvalue weighted by Crippen LogP contribution is 2.19. The molecule has 2 nitrogen and oxygen atoms in total. The molecule has 1 aromatic rings. The van der Waals surface area contributed by atoms with Crippen molar-refractivity contribution in [3.05, 3.63) is 29.3 Å². The third-order valence-corrected chi connectivity index (χ3v) is 1.68. The van der Waals surface area contributed by atoms with Crippen molar-refractivity contribution >= 4 is 0 Å². The Hall–Kier alpha value is -1.60. The summed E-state index contributed by atoms with van der Waals surface area (Å²) >= 11 is 0. The van der Waals surface area contributed by atoms with Gasteiger partial charge in [-0.1, -0.05) is 11.8 Å². The van der Waals surface area contributed by atoms with Crippen LogP contribution in [0.15, 0.2) is 12.1 Å². The Morgan fingerprint density at radius 1 is 1.33 bits per heavy atom. The summed E-state index contributed by atoms with van der Waals surface area (Å²) in [6, 6.07) is 1.73. The molecule has 0 aliphatic rings. The van der Waals surface area contributed by atoms with Gasteiger partial charge in [-0.25, -0.2) is 8.78 Å². The van der Waals surface area contributed by atoms with Gasteiger partial charge in [-0.15, -0.1) is 0 Å². The Balaban J connectivity index is 3.16. The van der Waals surface area contributed by atoms with Crippen molar-refractivity contribution in [1.29, 1.82) is 0 Å². The number of rotatable bonds is 1. The summed E-state index contributed by atoms with van der Waals surface area (Å²) in [5, 5.41) is 0. The SMILES string of the molecule is COc1cc(F)c(C#CC(C)N)c(F)c1. The predicted octanol–water partition coefficient (Wildman–Crippen LogP) is 1.67. The number of halogens is 2. The second-order valence-corrected chi connectivity index (χ2v) is 3.02. The maximum Gasteiger partial charge on any atom is 0.145 e. The van der Waals surface area contributed by atoms with Gasteiger partial charge in [-0.05, 0) is 6.92 Å². The lowest BCUT2D eigenvalue weighted by molar-refractivity contribution is 0.406. The van der Waals surface area contributed by atoms with Crippen LogP contribution in [0, 0.1) is 23.5 Å². The highest BCUT2D eigenvalue weighted by molar-refractivity contribution is 5.41. The van der Waals surface area contributed by atoms with Crippen LogP contribution in [0.5, 0.6) is 5.75 Å². The van der Waals surface area contributed by atoms with Gasteiger partial charge in [0.2, 0.25) is 0 Å². The Morgan fingerprint density at radius 2 is 1.87 bits per heavy atom. The van der Waals surface area contributed by atoms with Crippen LogP contribution in [0.4, 0.5) is 8.78 Å². The Labute approximate surface area is 87.0 Å². The van der Waals surface area contributed by atoms with E-state index < -0.39 is 17.7 Å². The van der Waals surface area contributed by atoms with Gasteiger partial charge >= 0.3 is 0 Å². The minimum absolute atomic E-state index is 0.122. The fourth-order valence-corrected chi connectivity index (χ4v) is 0.973. The van der Waals surface area contributed by atoms with Gasteiger partial charge in [0.15, 0.2) is 0 Å². The molecule has 1 unspecified atom stereocenters. The zero-order chi connectivity index (χ0) is 11.4. The van der Waals surface area contributed by atoms with E-state index in [-0.39, 0.29) is 11.3 Å². The molecule has 1 rings (SSSR count). The summed E-state index contributed by atoms with van der Waals surface area (Å²) in [6.07, 6.45) is 0. The number of hydrogen-bond donors (Lipinski definition) is 1. The molecule has 0 saturated heterocycles. The lowest BCUT2D eigenvalue weighted by atomic mass is 10.2. The third-order valence-electron chi connectivity index (χ3n) is 1.68. The van der Waals surface area contributed by atoms with Gasteiger partial charge in [0.25, 0.3) is 0 Å². The summed E-state index contributed by atoms with van der Waals surface area (Å²) in [5.41, 5.74) is 5.07. The molecule has 0 aliphatic heterocycles. The predicted molar refractivity (Wildman–Crippen MR) is 53.4 cm³/mol. The Kier molecular flexibility index (Phi) is 3.64. The monoisotopic (exact) mass is 211 g/mol. The van der Waals surface area contributed by atoms with Gasteiger partial charge in [0.1, 0.15) is 17.4 Å². The summed E-state index contributed by atoms with van der Waals surface area (Å²) < 4.78 is 31.3. The summed E-state index contributed by atoms with van der Waals surface area (Å²) in [6.45, 7) is 1.63. The summed E-state index contributed by atoms with van der Waals surface area (Å²) in [5.74, 6) is 3.46. The summed E-state index contributed by atoms with van der Waals surface area (Å²) in [7, 11) is 1.33. The molecule has 4 heteroatoms. The summed E-state index contributed by atoms with van der Waals surface area (Å²) in [4.78, 5) is 0. The molecule has 0 aromatic heterocycles. The van der Waals surface area contributed by atoms with Gasteiger partial charge in [0, 0.05) is 12.1 Å². The van der Waals surface area contributed by atoms with Crippen molar-refractivity contribution < 1.29 is 13.5 Å². The van der Waals surface area contributed by atoms with Crippen LogP contribution < -0.4 is 10.5 Å². The first-order chi connectivity index (χ1) is 7.04. The molecule has 0 amide bonds. The molecule has 0 bridgehead atoms. The van der Waals surface area contributed by atoms with Crippen LogP contribution >= 0.6 is 0 Å². The fraction of sp³-hybridized carbons (Fsp3) is 0.273. The maximum atomic E-state index is 13.3. The van der Waals surface area contributed by atoms with Gasteiger partial charge in [0.05, 0.1) is 18.7 Å². The van der Waals surface area contributed by atoms with Crippen LogP contribution in [-0.4, -0.2) is 13.2 Å². The van der Waals surface area contributed by atoms with Crippen molar-refractivity contribution in [2.75, 3.05) is 7.11 Å². The van der Waals surface area contributed by atoms with Gasteiger partial charge in [-0.2, -0.15) is 0 Å².